The van der Waals surface area contributed by atoms with Crippen molar-refractivity contribution in [3.05, 3.63) is 18.0 Å². The van der Waals surface area contributed by atoms with E-state index in [4.69, 9.17) is 10.5 Å². The van der Waals surface area contributed by atoms with Crippen molar-refractivity contribution >= 4 is 5.91 Å². The average Bonchev–Trinajstić information content (AvgIpc) is 2.82. The van der Waals surface area contributed by atoms with Gasteiger partial charge in [0.1, 0.15) is 0 Å². The Labute approximate surface area is 126 Å². The summed E-state index contributed by atoms with van der Waals surface area (Å²) in [6.07, 6.45) is 4.51. The van der Waals surface area contributed by atoms with E-state index in [-0.39, 0.29) is 12.0 Å². The van der Waals surface area contributed by atoms with Gasteiger partial charge in [-0.15, -0.1) is 0 Å². The van der Waals surface area contributed by atoms with E-state index in [2.05, 4.69) is 18.9 Å². The second kappa shape index (κ2) is 7.04. The lowest BCUT2D eigenvalue weighted by atomic mass is 10.0. The van der Waals surface area contributed by atoms with Gasteiger partial charge >= 0.3 is 0 Å². The maximum atomic E-state index is 12.4. The van der Waals surface area contributed by atoms with E-state index in [9.17, 15) is 4.79 Å². The number of hydrogen-bond acceptors (Lipinski definition) is 4. The summed E-state index contributed by atoms with van der Waals surface area (Å²) in [4.78, 5) is 14.2. The number of carbonyl (C=O) groups is 1. The molecule has 1 aromatic heterocycles. The summed E-state index contributed by atoms with van der Waals surface area (Å²) in [6.45, 7) is 8.60. The van der Waals surface area contributed by atoms with Crippen LogP contribution in [0.3, 0.4) is 0 Å². The molecule has 0 bridgehead atoms. The lowest BCUT2D eigenvalue weighted by Gasteiger charge is -2.34. The van der Waals surface area contributed by atoms with Gasteiger partial charge in [0.25, 0.3) is 0 Å². The average molecular weight is 294 g/mol. The number of hydrogen-bond donors (Lipinski definition) is 1. The molecule has 0 aliphatic carbocycles. The summed E-state index contributed by atoms with van der Waals surface area (Å²) in [5, 5.41) is 4.26. The molecule has 0 aromatic carbocycles. The van der Waals surface area contributed by atoms with E-state index in [1.165, 1.54) is 0 Å². The van der Waals surface area contributed by atoms with Gasteiger partial charge in [-0.3, -0.25) is 9.48 Å². The van der Waals surface area contributed by atoms with Crippen molar-refractivity contribution in [2.75, 3.05) is 19.7 Å². The third kappa shape index (κ3) is 4.54. The second-order valence-corrected chi connectivity index (χ2v) is 6.25. The summed E-state index contributed by atoms with van der Waals surface area (Å²) < 4.78 is 7.60. The van der Waals surface area contributed by atoms with Crippen LogP contribution in [0.5, 0.6) is 0 Å². The summed E-state index contributed by atoms with van der Waals surface area (Å²) in [6, 6.07) is -0.407. The second-order valence-electron chi connectivity index (χ2n) is 6.25. The highest BCUT2D eigenvalue weighted by Gasteiger charge is 2.28. The Morgan fingerprint density at radius 3 is 2.95 bits per heavy atom. The molecule has 1 aliphatic heterocycles. The molecular weight excluding hydrogens is 268 g/mol. The minimum Gasteiger partial charge on any atom is -0.373 e. The number of amides is 1. The van der Waals surface area contributed by atoms with Crippen LogP contribution in [-0.2, 0) is 16.1 Å². The molecule has 1 saturated heterocycles. The van der Waals surface area contributed by atoms with Gasteiger partial charge < -0.3 is 15.4 Å². The van der Waals surface area contributed by atoms with Crippen molar-refractivity contribution in [3.8, 4) is 0 Å². The van der Waals surface area contributed by atoms with Crippen LogP contribution in [0, 0.1) is 12.8 Å². The maximum absolute atomic E-state index is 12.4. The van der Waals surface area contributed by atoms with Crippen LogP contribution in [0.25, 0.3) is 0 Å². The first-order valence-corrected chi connectivity index (χ1v) is 7.60. The van der Waals surface area contributed by atoms with E-state index < -0.39 is 6.04 Å². The van der Waals surface area contributed by atoms with Gasteiger partial charge in [0.05, 0.1) is 31.5 Å². The molecule has 2 atom stereocenters. The number of nitrogens with two attached hydrogens (primary N) is 1. The molecule has 2 N–H and O–H groups in total. The molecule has 1 aliphatic rings. The third-order valence-corrected chi connectivity index (χ3v) is 3.65. The minimum absolute atomic E-state index is 0.0201. The highest BCUT2D eigenvalue weighted by Crippen LogP contribution is 2.12. The van der Waals surface area contributed by atoms with Gasteiger partial charge in [0.15, 0.2) is 0 Å². The molecular formula is C15H26N4O2. The van der Waals surface area contributed by atoms with Crippen LogP contribution in [-0.4, -0.2) is 52.4 Å². The first-order chi connectivity index (χ1) is 9.95. The zero-order valence-corrected chi connectivity index (χ0v) is 13.2. The Bertz CT molecular complexity index is 472. The predicted molar refractivity (Wildman–Crippen MR) is 80.7 cm³/mol. The number of ether oxygens (including phenoxy) is 1. The number of carbonyl (C=O) groups excluding carboxylic acids is 1. The van der Waals surface area contributed by atoms with Gasteiger partial charge in [-0.25, -0.2) is 0 Å². The molecule has 6 nitrogen and oxygen atoms in total. The van der Waals surface area contributed by atoms with Crippen molar-refractivity contribution in [1.82, 2.24) is 14.7 Å². The number of aryl methyl sites for hydroxylation is 1. The SMILES string of the molecule is Cc1cnn(CC2CN(C(=O)[C@@H](N)CC(C)C)CCO2)c1. The normalized spacial score (nSPS) is 20.8. The van der Waals surface area contributed by atoms with Crippen molar-refractivity contribution in [2.24, 2.45) is 11.7 Å². The maximum Gasteiger partial charge on any atom is 0.239 e. The fourth-order valence-electron chi connectivity index (χ4n) is 2.65. The minimum atomic E-state index is -0.407. The molecule has 6 heteroatoms. The molecule has 1 unspecified atom stereocenters. The summed E-state index contributed by atoms with van der Waals surface area (Å²) >= 11 is 0. The van der Waals surface area contributed by atoms with Crippen molar-refractivity contribution < 1.29 is 9.53 Å². The summed E-state index contributed by atoms with van der Waals surface area (Å²) in [5.41, 5.74) is 7.12. The first-order valence-electron chi connectivity index (χ1n) is 7.60. The van der Waals surface area contributed by atoms with E-state index in [1.54, 1.807) is 0 Å². The van der Waals surface area contributed by atoms with Crippen molar-refractivity contribution in [1.29, 1.82) is 0 Å². The van der Waals surface area contributed by atoms with Gasteiger partial charge in [-0.2, -0.15) is 5.10 Å². The van der Waals surface area contributed by atoms with E-state index in [0.717, 1.165) is 12.0 Å². The molecule has 1 fully saturated rings. The summed E-state index contributed by atoms with van der Waals surface area (Å²) in [7, 11) is 0. The van der Waals surface area contributed by atoms with Gasteiger partial charge in [0.2, 0.25) is 5.91 Å². The molecule has 1 amide bonds. The van der Waals surface area contributed by atoms with Crippen LogP contribution in [0.2, 0.25) is 0 Å². The number of morpholine rings is 1. The number of nitrogens with zero attached hydrogens (tertiary/aromatic N) is 3. The molecule has 118 valence electrons. The fourth-order valence-corrected chi connectivity index (χ4v) is 2.65. The molecule has 0 saturated carbocycles. The van der Waals surface area contributed by atoms with Crippen molar-refractivity contribution in [2.45, 2.75) is 45.9 Å². The van der Waals surface area contributed by atoms with Crippen LogP contribution in [0.1, 0.15) is 25.8 Å². The van der Waals surface area contributed by atoms with Gasteiger partial charge in [-0.05, 0) is 24.8 Å². The van der Waals surface area contributed by atoms with Crippen LogP contribution in [0.15, 0.2) is 12.4 Å². The zero-order chi connectivity index (χ0) is 15.4. The third-order valence-electron chi connectivity index (χ3n) is 3.65. The largest absolute Gasteiger partial charge is 0.373 e. The molecule has 2 rings (SSSR count). The summed E-state index contributed by atoms with van der Waals surface area (Å²) in [5.74, 6) is 0.460. The van der Waals surface area contributed by atoms with E-state index >= 15 is 0 Å². The number of aromatic nitrogens is 2. The van der Waals surface area contributed by atoms with E-state index in [0.29, 0.717) is 32.2 Å². The predicted octanol–water partition coefficient (Wildman–Crippen LogP) is 0.792. The highest BCUT2D eigenvalue weighted by molar-refractivity contribution is 5.81. The molecule has 1 aromatic rings. The lowest BCUT2D eigenvalue weighted by molar-refractivity contribution is -0.141. The Balaban J connectivity index is 1.89. The Hall–Kier alpha value is -1.40. The Kier molecular flexibility index (Phi) is 5.36. The fraction of sp³-hybridized carbons (Fsp3) is 0.733. The van der Waals surface area contributed by atoms with E-state index in [1.807, 2.05) is 28.9 Å². The smallest absolute Gasteiger partial charge is 0.239 e. The van der Waals surface area contributed by atoms with Gasteiger partial charge in [0, 0.05) is 19.3 Å². The van der Waals surface area contributed by atoms with Crippen LogP contribution < -0.4 is 5.73 Å². The van der Waals surface area contributed by atoms with Crippen LogP contribution in [0.4, 0.5) is 0 Å². The molecule has 0 radical (unpaired) electrons. The topological polar surface area (TPSA) is 73.4 Å². The van der Waals surface area contributed by atoms with Gasteiger partial charge in [-0.1, -0.05) is 13.8 Å². The lowest BCUT2D eigenvalue weighted by Crippen LogP contribution is -2.52. The molecule has 21 heavy (non-hydrogen) atoms. The molecule has 2 heterocycles. The Morgan fingerprint density at radius 1 is 1.57 bits per heavy atom. The zero-order valence-electron chi connectivity index (χ0n) is 13.2. The van der Waals surface area contributed by atoms with Crippen molar-refractivity contribution in [3.63, 3.8) is 0 Å². The van der Waals surface area contributed by atoms with Crippen LogP contribution >= 0.6 is 0 Å². The number of rotatable bonds is 5. The Morgan fingerprint density at radius 2 is 2.33 bits per heavy atom. The monoisotopic (exact) mass is 294 g/mol. The molecule has 0 spiro atoms. The quantitative estimate of drug-likeness (QED) is 0.871. The first kappa shape index (κ1) is 16.0. The highest BCUT2D eigenvalue weighted by atomic mass is 16.5. The standard InChI is InChI=1S/C15H26N4O2/c1-11(2)6-14(16)15(20)18-4-5-21-13(9-18)10-19-8-12(3)7-17-19/h7-8,11,13-14H,4-6,9-10,16H2,1-3H3/t13?,14-/m0/s1.